The van der Waals surface area contributed by atoms with Crippen molar-refractivity contribution in [3.05, 3.63) is 46.4 Å². The second-order valence-electron chi connectivity index (χ2n) is 7.69. The molecule has 0 saturated carbocycles. The van der Waals surface area contributed by atoms with Crippen molar-refractivity contribution in [3.8, 4) is 11.1 Å². The minimum absolute atomic E-state index is 0.174. The van der Waals surface area contributed by atoms with Crippen LogP contribution in [0, 0.1) is 10.2 Å². The summed E-state index contributed by atoms with van der Waals surface area (Å²) in [7, 11) is -4.94. The molecule has 0 aliphatic heterocycles. The van der Waals surface area contributed by atoms with Gasteiger partial charge in [-0.25, -0.2) is 18.6 Å². The van der Waals surface area contributed by atoms with Crippen LogP contribution in [0.25, 0.3) is 11.1 Å². The Kier molecular flexibility index (Phi) is 7.03. The Morgan fingerprint density at radius 3 is 1.44 bits per heavy atom. The summed E-state index contributed by atoms with van der Waals surface area (Å²) >= 11 is 1.93. The van der Waals surface area contributed by atoms with E-state index in [1.165, 1.54) is 20.9 Å². The molecule has 0 fully saturated rings. The lowest BCUT2D eigenvalue weighted by molar-refractivity contribution is -2.00. The van der Waals surface area contributed by atoms with Crippen LogP contribution in [0.4, 0.5) is 0 Å². The van der Waals surface area contributed by atoms with Gasteiger partial charge in [-0.1, -0.05) is 41.5 Å². The summed E-state index contributed by atoms with van der Waals surface area (Å²) in [5, 5.41) is 0. The van der Waals surface area contributed by atoms with Gasteiger partial charge in [-0.15, -0.1) is 10.2 Å². The highest BCUT2D eigenvalue weighted by Gasteiger charge is 2.32. The molecule has 2 aromatic rings. The molecule has 0 atom stereocenters. The Morgan fingerprint density at radius 1 is 0.760 bits per heavy atom. The fourth-order valence-corrected chi connectivity index (χ4v) is 3.17. The topological polar surface area (TPSA) is 105 Å². The Hall–Kier alpha value is -1.15. The number of nitrogens with zero attached hydrogens (tertiary/aromatic N) is 1. The van der Waals surface area contributed by atoms with E-state index in [-0.39, 0.29) is 10.8 Å². The lowest BCUT2D eigenvalue weighted by Gasteiger charge is -2.17. The van der Waals surface area contributed by atoms with Crippen LogP contribution < -0.4 is 18.6 Å². The Morgan fingerprint density at radius 2 is 1.12 bits per heavy atom. The smallest absolute Gasteiger partial charge is 0.219 e. The molecule has 2 aromatic heterocycles. The predicted octanol–water partition coefficient (Wildman–Crippen LogP) is 0.930. The summed E-state index contributed by atoms with van der Waals surface area (Å²) in [5.74, 6) is 0. The van der Waals surface area contributed by atoms with Gasteiger partial charge in [0.25, 0.3) is 0 Å². The van der Waals surface area contributed by atoms with Crippen molar-refractivity contribution in [1.82, 2.24) is 4.98 Å². The SMILES string of the molecule is CC(C)(C)c1cc(-c2ccncc2)cc(C(C)(C)C)[s+]1.[O-][Cl+3]([O-])([O-])[O-]. The number of hydrogen-bond donors (Lipinski definition) is 0. The van der Waals surface area contributed by atoms with Crippen LogP contribution in [0.5, 0.6) is 0 Å². The van der Waals surface area contributed by atoms with E-state index in [0.717, 1.165) is 0 Å². The van der Waals surface area contributed by atoms with Gasteiger partial charge in [0, 0.05) is 35.4 Å². The Labute approximate surface area is 155 Å². The summed E-state index contributed by atoms with van der Waals surface area (Å²) < 4.78 is 34.0. The van der Waals surface area contributed by atoms with Crippen LogP contribution in [0.3, 0.4) is 0 Å². The quantitative estimate of drug-likeness (QED) is 0.679. The van der Waals surface area contributed by atoms with E-state index < -0.39 is 10.2 Å². The first kappa shape index (κ1) is 21.9. The zero-order valence-electron chi connectivity index (χ0n) is 15.3. The largest absolute Gasteiger partial charge is 0.265 e. The maximum atomic E-state index is 8.49. The molecule has 0 spiro atoms. The summed E-state index contributed by atoms with van der Waals surface area (Å²) in [6.45, 7) is 13.7. The van der Waals surface area contributed by atoms with Gasteiger partial charge < -0.3 is 0 Å². The first-order valence-electron chi connectivity index (χ1n) is 7.69. The third kappa shape index (κ3) is 8.18. The van der Waals surface area contributed by atoms with Crippen LogP contribution in [0.2, 0.25) is 0 Å². The van der Waals surface area contributed by atoms with Gasteiger partial charge in [0.1, 0.15) is 0 Å². The van der Waals surface area contributed by atoms with Crippen LogP contribution in [0.1, 0.15) is 51.3 Å². The minimum atomic E-state index is -4.94. The molecule has 0 aliphatic carbocycles. The maximum absolute atomic E-state index is 8.49. The highest BCUT2D eigenvalue weighted by Crippen LogP contribution is 2.37. The normalized spacial score (nSPS) is 12.4. The summed E-state index contributed by atoms with van der Waals surface area (Å²) in [6.07, 6.45) is 3.72. The first-order chi connectivity index (χ1) is 11.2. The number of halogens is 1. The van der Waals surface area contributed by atoms with Crippen LogP contribution in [0.15, 0.2) is 36.7 Å². The summed E-state index contributed by atoms with van der Waals surface area (Å²) in [6, 6.07) is 8.82. The fourth-order valence-electron chi connectivity index (χ4n) is 1.95. The third-order valence-corrected chi connectivity index (χ3v) is 5.19. The van der Waals surface area contributed by atoms with E-state index in [1.807, 2.05) is 23.7 Å². The summed E-state index contributed by atoms with van der Waals surface area (Å²) in [4.78, 5) is 6.97. The maximum Gasteiger partial charge on any atom is 0.219 e. The van der Waals surface area contributed by atoms with Crippen molar-refractivity contribution in [2.75, 3.05) is 0 Å². The zero-order valence-corrected chi connectivity index (χ0v) is 16.9. The molecule has 25 heavy (non-hydrogen) atoms. The molecular formula is C18H24ClNO4S. The monoisotopic (exact) mass is 385 g/mol. The van der Waals surface area contributed by atoms with Crippen molar-refractivity contribution in [3.63, 3.8) is 0 Å². The van der Waals surface area contributed by atoms with Crippen LogP contribution in [-0.2, 0) is 10.8 Å². The molecule has 0 saturated heterocycles. The van der Waals surface area contributed by atoms with Crippen molar-refractivity contribution in [2.45, 2.75) is 52.4 Å². The van der Waals surface area contributed by atoms with Gasteiger partial charge in [-0.3, -0.25) is 4.98 Å². The molecule has 0 amide bonds. The van der Waals surface area contributed by atoms with Gasteiger partial charge in [0.15, 0.2) is 0 Å². The van der Waals surface area contributed by atoms with Crippen molar-refractivity contribution >= 4 is 11.3 Å². The van der Waals surface area contributed by atoms with E-state index in [4.69, 9.17) is 18.6 Å². The van der Waals surface area contributed by atoms with E-state index in [0.29, 0.717) is 0 Å². The van der Waals surface area contributed by atoms with Gasteiger partial charge in [0.2, 0.25) is 21.1 Å². The van der Waals surface area contributed by atoms with Crippen LogP contribution >= 0.6 is 11.3 Å². The Balaban J connectivity index is 0.000000550. The molecule has 7 heteroatoms. The average molecular weight is 386 g/mol. The van der Waals surface area contributed by atoms with E-state index in [1.54, 1.807) is 0 Å². The van der Waals surface area contributed by atoms with Gasteiger partial charge in [0.05, 0.1) is 0 Å². The average Bonchev–Trinajstić information content (AvgIpc) is 2.44. The lowest BCUT2D eigenvalue weighted by Crippen LogP contribution is -2.68. The number of pyridine rings is 1. The van der Waals surface area contributed by atoms with Crippen molar-refractivity contribution in [2.24, 2.45) is 0 Å². The number of hydrogen-bond acceptors (Lipinski definition) is 5. The molecule has 0 unspecified atom stereocenters. The van der Waals surface area contributed by atoms with Gasteiger partial charge in [-0.05, 0) is 23.3 Å². The highest BCUT2D eigenvalue weighted by molar-refractivity contribution is 7.12. The molecule has 5 nitrogen and oxygen atoms in total. The minimum Gasteiger partial charge on any atom is -0.265 e. The molecule has 0 N–H and O–H groups in total. The molecule has 2 rings (SSSR count). The van der Waals surface area contributed by atoms with Crippen LogP contribution in [-0.4, -0.2) is 4.98 Å². The number of aromatic nitrogens is 1. The fraction of sp³-hybridized carbons (Fsp3) is 0.444. The molecule has 138 valence electrons. The van der Waals surface area contributed by atoms with E-state index in [9.17, 15) is 0 Å². The molecule has 0 aromatic carbocycles. The molecular weight excluding hydrogens is 362 g/mol. The second kappa shape index (κ2) is 8.03. The van der Waals surface area contributed by atoms with E-state index in [2.05, 4.69) is 70.8 Å². The molecule has 0 radical (unpaired) electrons. The Bertz CT molecular complexity index is 651. The van der Waals surface area contributed by atoms with Crippen molar-refractivity contribution < 1.29 is 28.9 Å². The first-order valence-corrected chi connectivity index (χ1v) is 9.74. The molecule has 0 aliphatic rings. The van der Waals surface area contributed by atoms with Gasteiger partial charge in [-0.2, -0.15) is 0 Å². The zero-order chi connectivity index (χ0) is 19.5. The van der Waals surface area contributed by atoms with Crippen molar-refractivity contribution in [1.29, 1.82) is 0 Å². The summed E-state index contributed by atoms with van der Waals surface area (Å²) in [5.41, 5.74) is 2.88. The van der Waals surface area contributed by atoms with E-state index >= 15 is 0 Å². The molecule has 0 bridgehead atoms. The lowest BCUT2D eigenvalue weighted by atomic mass is 9.90. The number of rotatable bonds is 1. The predicted molar refractivity (Wildman–Crippen MR) is 89.4 cm³/mol. The standard InChI is InChI=1S/C18H24NS.ClHO4/c1-17(2,3)15-11-14(13-7-9-19-10-8-13)12-16(20-15)18(4,5)6;2-1(3,4)5/h7-12H,1-6H3;(H,2,3,4,5)/q+1;/p-1. The highest BCUT2D eigenvalue weighted by atomic mass is 35.7. The second-order valence-corrected chi connectivity index (χ2v) is 9.53. The van der Waals surface area contributed by atoms with Gasteiger partial charge >= 0.3 is 0 Å². The molecule has 2 heterocycles. The third-order valence-electron chi connectivity index (χ3n) is 3.29.